The molecule has 0 fully saturated rings. The van der Waals surface area contributed by atoms with Gasteiger partial charge in [-0.05, 0) is 29.5 Å². The van der Waals surface area contributed by atoms with Crippen LogP contribution in [0.4, 0.5) is 0 Å². The Kier molecular flexibility index (Phi) is 2.99. The molecule has 0 saturated carbocycles. The van der Waals surface area contributed by atoms with Crippen molar-refractivity contribution >= 4 is 11.3 Å². The molecule has 0 saturated heterocycles. The van der Waals surface area contributed by atoms with E-state index in [1.54, 1.807) is 11.3 Å². The lowest BCUT2D eigenvalue weighted by Gasteiger charge is -1.98. The molecule has 90 valence electrons. The normalized spacial score (nSPS) is 10.7. The lowest BCUT2D eigenvalue weighted by molar-refractivity contribution is 1.10. The number of hydrogen-bond acceptors (Lipinski definition) is 2. The topological polar surface area (TPSA) is 28.7 Å². The SMILES string of the molecule is CCc1ccc(-c2cc(-c3cccs3)[nH]n2)cc1. The van der Waals surface area contributed by atoms with Gasteiger partial charge in [0.1, 0.15) is 0 Å². The zero-order valence-electron chi connectivity index (χ0n) is 10.2. The molecule has 0 radical (unpaired) electrons. The van der Waals surface area contributed by atoms with E-state index in [2.05, 4.69) is 65.0 Å². The molecule has 0 atom stereocenters. The Hall–Kier alpha value is -1.87. The first-order valence-electron chi connectivity index (χ1n) is 6.05. The van der Waals surface area contributed by atoms with Crippen molar-refractivity contribution in [1.29, 1.82) is 0 Å². The minimum Gasteiger partial charge on any atom is -0.276 e. The van der Waals surface area contributed by atoms with Crippen molar-refractivity contribution in [3.63, 3.8) is 0 Å². The average molecular weight is 254 g/mol. The zero-order chi connectivity index (χ0) is 12.4. The minimum absolute atomic E-state index is 1.00. The maximum Gasteiger partial charge on any atom is 0.0927 e. The molecule has 3 rings (SSSR count). The smallest absolute Gasteiger partial charge is 0.0927 e. The van der Waals surface area contributed by atoms with Crippen molar-refractivity contribution in [2.75, 3.05) is 0 Å². The number of hydrogen-bond donors (Lipinski definition) is 1. The Morgan fingerprint density at radius 2 is 2.00 bits per heavy atom. The van der Waals surface area contributed by atoms with E-state index in [0.717, 1.165) is 23.4 Å². The highest BCUT2D eigenvalue weighted by molar-refractivity contribution is 7.13. The van der Waals surface area contributed by atoms with Crippen molar-refractivity contribution in [3.05, 3.63) is 53.4 Å². The number of H-pyrrole nitrogens is 1. The van der Waals surface area contributed by atoms with Crippen molar-refractivity contribution in [2.45, 2.75) is 13.3 Å². The Labute approximate surface area is 110 Å². The highest BCUT2D eigenvalue weighted by Crippen LogP contribution is 2.26. The first-order chi connectivity index (χ1) is 8.86. The largest absolute Gasteiger partial charge is 0.276 e. The van der Waals surface area contributed by atoms with Crippen LogP contribution in [0.1, 0.15) is 12.5 Å². The fraction of sp³-hybridized carbons (Fsp3) is 0.133. The molecule has 2 nitrogen and oxygen atoms in total. The maximum atomic E-state index is 4.38. The van der Waals surface area contributed by atoms with Gasteiger partial charge in [0.25, 0.3) is 0 Å². The Morgan fingerprint density at radius 1 is 1.17 bits per heavy atom. The van der Waals surface area contributed by atoms with Gasteiger partial charge in [0.15, 0.2) is 0 Å². The molecule has 18 heavy (non-hydrogen) atoms. The molecule has 1 N–H and O–H groups in total. The van der Waals surface area contributed by atoms with Crippen molar-refractivity contribution in [3.8, 4) is 21.8 Å². The number of thiophene rings is 1. The summed E-state index contributed by atoms with van der Waals surface area (Å²) >= 11 is 1.72. The van der Waals surface area contributed by atoms with Crippen LogP contribution >= 0.6 is 11.3 Å². The second kappa shape index (κ2) is 4.78. The van der Waals surface area contributed by atoms with Gasteiger partial charge in [-0.1, -0.05) is 37.3 Å². The molecule has 3 heteroatoms. The number of nitrogens with one attached hydrogen (secondary N) is 1. The highest BCUT2D eigenvalue weighted by atomic mass is 32.1. The van der Waals surface area contributed by atoms with Crippen molar-refractivity contribution < 1.29 is 0 Å². The van der Waals surface area contributed by atoms with Crippen LogP contribution in [-0.2, 0) is 6.42 Å². The van der Waals surface area contributed by atoms with E-state index in [0.29, 0.717) is 0 Å². The average Bonchev–Trinajstić information content (AvgIpc) is 3.09. The molecule has 0 spiro atoms. The van der Waals surface area contributed by atoms with Crippen LogP contribution in [0.5, 0.6) is 0 Å². The molecule has 0 bridgehead atoms. The Bertz CT molecular complexity index is 621. The fourth-order valence-electron chi connectivity index (χ4n) is 1.94. The monoisotopic (exact) mass is 254 g/mol. The van der Waals surface area contributed by atoms with E-state index in [9.17, 15) is 0 Å². The van der Waals surface area contributed by atoms with E-state index in [1.807, 2.05) is 0 Å². The van der Waals surface area contributed by atoms with Gasteiger partial charge < -0.3 is 0 Å². The van der Waals surface area contributed by atoms with Crippen LogP contribution in [0.2, 0.25) is 0 Å². The van der Waals surface area contributed by atoms with Gasteiger partial charge in [-0.25, -0.2) is 0 Å². The van der Waals surface area contributed by atoms with Crippen LogP contribution in [0.25, 0.3) is 21.8 Å². The predicted molar refractivity (Wildman–Crippen MR) is 76.7 cm³/mol. The third-order valence-corrected chi connectivity index (χ3v) is 3.93. The molecule has 2 heterocycles. The van der Waals surface area contributed by atoms with Crippen molar-refractivity contribution in [1.82, 2.24) is 10.2 Å². The van der Waals surface area contributed by atoms with E-state index in [1.165, 1.54) is 10.4 Å². The third kappa shape index (κ3) is 2.09. The molecule has 0 aliphatic carbocycles. The molecular formula is C15H14N2S. The van der Waals surface area contributed by atoms with Crippen LogP contribution in [0, 0.1) is 0 Å². The minimum atomic E-state index is 1.00. The number of nitrogens with zero attached hydrogens (tertiary/aromatic N) is 1. The highest BCUT2D eigenvalue weighted by Gasteiger charge is 2.06. The standard InChI is InChI=1S/C15H14N2S/c1-2-11-5-7-12(8-6-11)13-10-14(17-16-13)15-4-3-9-18-15/h3-10H,2H2,1H3,(H,16,17). The summed E-state index contributed by atoms with van der Waals surface area (Å²) in [5.74, 6) is 0. The predicted octanol–water partition coefficient (Wildman–Crippen LogP) is 4.37. The van der Waals surface area contributed by atoms with E-state index in [4.69, 9.17) is 0 Å². The van der Waals surface area contributed by atoms with Gasteiger partial charge in [0.05, 0.1) is 16.3 Å². The van der Waals surface area contributed by atoms with Gasteiger partial charge >= 0.3 is 0 Å². The summed E-state index contributed by atoms with van der Waals surface area (Å²) in [5.41, 5.74) is 4.60. The third-order valence-electron chi connectivity index (χ3n) is 3.02. The molecule has 0 aliphatic heterocycles. The van der Waals surface area contributed by atoms with Gasteiger partial charge in [0.2, 0.25) is 0 Å². The molecule has 0 unspecified atom stereocenters. The van der Waals surface area contributed by atoms with Gasteiger partial charge in [-0.2, -0.15) is 5.10 Å². The van der Waals surface area contributed by atoms with E-state index < -0.39 is 0 Å². The molecule has 0 amide bonds. The summed E-state index contributed by atoms with van der Waals surface area (Å²) < 4.78 is 0. The van der Waals surface area contributed by atoms with Crippen LogP contribution in [0.3, 0.4) is 0 Å². The lowest BCUT2D eigenvalue weighted by Crippen LogP contribution is -1.81. The summed E-state index contributed by atoms with van der Waals surface area (Å²) in [7, 11) is 0. The van der Waals surface area contributed by atoms with Gasteiger partial charge in [-0.15, -0.1) is 11.3 Å². The first kappa shape index (κ1) is 11.2. The second-order valence-corrected chi connectivity index (χ2v) is 5.14. The Balaban J connectivity index is 1.92. The Morgan fingerprint density at radius 3 is 2.67 bits per heavy atom. The quantitative estimate of drug-likeness (QED) is 0.738. The number of rotatable bonds is 3. The second-order valence-electron chi connectivity index (χ2n) is 4.19. The van der Waals surface area contributed by atoms with Crippen molar-refractivity contribution in [2.24, 2.45) is 0 Å². The zero-order valence-corrected chi connectivity index (χ0v) is 11.0. The van der Waals surface area contributed by atoms with Crippen LogP contribution in [0.15, 0.2) is 47.8 Å². The fourth-order valence-corrected chi connectivity index (χ4v) is 2.63. The summed E-state index contributed by atoms with van der Waals surface area (Å²) in [6.45, 7) is 2.17. The first-order valence-corrected chi connectivity index (χ1v) is 6.93. The van der Waals surface area contributed by atoms with Crippen LogP contribution in [-0.4, -0.2) is 10.2 Å². The number of aryl methyl sites for hydroxylation is 1. The van der Waals surface area contributed by atoms with E-state index in [-0.39, 0.29) is 0 Å². The lowest BCUT2D eigenvalue weighted by atomic mass is 10.1. The molecule has 0 aliphatic rings. The summed E-state index contributed by atoms with van der Waals surface area (Å²) in [6.07, 6.45) is 1.07. The van der Waals surface area contributed by atoms with Crippen LogP contribution < -0.4 is 0 Å². The molecular weight excluding hydrogens is 240 g/mol. The van der Waals surface area contributed by atoms with E-state index >= 15 is 0 Å². The number of aromatic amines is 1. The molecule has 2 aromatic heterocycles. The van der Waals surface area contributed by atoms with Gasteiger partial charge in [-0.3, -0.25) is 5.10 Å². The number of benzene rings is 1. The summed E-state index contributed by atoms with van der Waals surface area (Å²) in [6, 6.07) is 14.8. The molecule has 3 aromatic rings. The summed E-state index contributed by atoms with van der Waals surface area (Å²) in [4.78, 5) is 1.22. The number of aromatic nitrogens is 2. The molecule has 1 aromatic carbocycles. The summed E-state index contributed by atoms with van der Waals surface area (Å²) in [5, 5.41) is 9.55. The maximum absolute atomic E-state index is 4.38. The van der Waals surface area contributed by atoms with Gasteiger partial charge in [0, 0.05) is 5.56 Å².